The molecule has 43 heteroatoms. The number of ether oxygens (including phenoxy) is 8. The van der Waals surface area contributed by atoms with Crippen LogP contribution in [0, 0.1) is 5.92 Å². The molecule has 11 N–H and O–H groups in total. The first-order valence-corrected chi connectivity index (χ1v) is 48.1. The number of halogens is 2. The second-order valence-electron chi connectivity index (χ2n) is 34.9. The van der Waals surface area contributed by atoms with Crippen molar-refractivity contribution in [1.82, 2.24) is 66.9 Å². The number of carbonyl (C=O) groups is 15. The maximum Gasteiger partial charge on any atom is 0.355 e. The van der Waals surface area contributed by atoms with Crippen molar-refractivity contribution in [2.24, 2.45) is 5.92 Å². The first-order chi connectivity index (χ1) is 65.6. The molecule has 0 spiro atoms. The normalized spacial score (nSPS) is 16.9. The van der Waals surface area contributed by atoms with Gasteiger partial charge in [-0.2, -0.15) is 0 Å². The van der Waals surface area contributed by atoms with Crippen LogP contribution >= 0.6 is 0 Å². The zero-order valence-electron chi connectivity index (χ0n) is 78.8. The Balaban J connectivity index is 0.574. The number of fused-ring (bicyclic) bond motifs is 6. The smallest absolute Gasteiger partial charge is 0.355 e. The summed E-state index contributed by atoms with van der Waals surface area (Å²) in [5.74, 6) is -13.6. The zero-order valence-corrected chi connectivity index (χ0v) is 80.8. The number of nitrogens with one attached hydrogen (secondary N) is 9. The number of anilines is 1. The van der Waals surface area contributed by atoms with Gasteiger partial charge in [-0.3, -0.25) is 72.1 Å². The molecule has 4 aliphatic rings. The van der Waals surface area contributed by atoms with Gasteiger partial charge in [-0.15, -0.1) is 0 Å². The lowest BCUT2D eigenvalue weighted by Crippen LogP contribution is -2.57. The molecule has 3 aromatic heterocycles. The van der Waals surface area contributed by atoms with Gasteiger partial charge in [-0.05, 0) is 107 Å². The number of hydrogen-bond acceptors (Lipinski definition) is 26. The van der Waals surface area contributed by atoms with Gasteiger partial charge in [0.2, 0.25) is 64.7 Å². The molecule has 2 aromatic carbocycles. The number of unbranched alkanes of at least 4 members (excludes halogenated alkanes) is 5. The van der Waals surface area contributed by atoms with E-state index in [1.54, 1.807) is 56.5 Å². The van der Waals surface area contributed by atoms with Crippen molar-refractivity contribution in [3.05, 3.63) is 99.0 Å². The van der Waals surface area contributed by atoms with Gasteiger partial charge in [-0.1, -0.05) is 77.3 Å². The Morgan fingerprint density at radius 1 is 0.613 bits per heavy atom. The van der Waals surface area contributed by atoms with E-state index in [4.69, 9.17) is 48.0 Å². The van der Waals surface area contributed by atoms with Crippen LogP contribution in [0.5, 0.6) is 0 Å². The number of likely N-dealkylation sites (tertiary alicyclic amines) is 2. The number of carboxylic acids is 2. The van der Waals surface area contributed by atoms with Crippen molar-refractivity contribution in [2.75, 3.05) is 130 Å². The van der Waals surface area contributed by atoms with Gasteiger partial charge in [0.05, 0.1) is 145 Å². The molecule has 4 aliphatic heterocycles. The van der Waals surface area contributed by atoms with Crippen LogP contribution in [0.15, 0.2) is 65.6 Å². The Hall–Kier alpha value is -11.9. The molecule has 0 aliphatic carbocycles. The molecule has 7 heterocycles. The van der Waals surface area contributed by atoms with Crippen LogP contribution in [0.4, 0.5) is 14.5 Å². The maximum atomic E-state index is 14.5. The highest BCUT2D eigenvalue weighted by Gasteiger charge is 2.54. The average molecular weight is 1940 g/mol. The average Bonchev–Trinajstić information content (AvgIpc) is 1.63. The van der Waals surface area contributed by atoms with Gasteiger partial charge in [-0.25, -0.2) is 23.4 Å². The summed E-state index contributed by atoms with van der Waals surface area (Å²) in [7, 11) is 0.317. The standard InChI is InChI=1S/C94H130F2N14O26Si/c1-6-60-61-20-12-13-22-67(61)106-84-64(60)55-109-72(84)52-66-65(88(109)125)56-135-91(128)94(66,7-2)136-90(127)82(59(3)4)107-87(124)71-25-19-39-108(71)89(126)70(53-81(120)121)105-78(116)33-41-130-45-49-134-50-46-131-42-37-98-74(112)27-18-26-73(111)97-34-16-14-23-69(86(123)101-35-15-10-8-9-11-28-80(118)119)104-77(115)32-40-129-44-48-133-51-47-132-43-38-99-75(113)29-30-76(114)103-68-24-17-21-62-63(31-36-100-83(62)68)85(122)102-54-79(117)110-58-93(95,96)57-92(110,5)137/h12-13,17,20-22,24,31,36,52,59,69-71,82H,6-11,14-16,18-19,23,25-30,32-35,37-51,53-58H2,1-5,137H3,(H,97,111)(H,98,112)(H,99,113)(H,101,123)(H,102,122)(H,103,114)(H,104,115)(H,105,116)(H,107,124)(H,118,119)(H,120,121)/t69-,70-,71-,82-,92+,94-/m0/s1. The number of benzene rings is 2. The fourth-order valence-corrected chi connectivity index (χ4v) is 17.8. The number of amides is 11. The van der Waals surface area contributed by atoms with Crippen molar-refractivity contribution >= 4 is 127 Å². The number of para-hydroxylation sites is 2. The molecular weight excluding hydrogens is 1810 g/mol. The number of aromatic nitrogens is 3. The van der Waals surface area contributed by atoms with Crippen LogP contribution in [-0.4, -0.2) is 294 Å². The van der Waals surface area contributed by atoms with Crippen LogP contribution < -0.4 is 53.4 Å². The minimum Gasteiger partial charge on any atom is -0.481 e. The molecule has 137 heavy (non-hydrogen) atoms. The molecule has 9 rings (SSSR count). The highest BCUT2D eigenvalue weighted by atomic mass is 28.1. The third kappa shape index (κ3) is 32.6. The lowest BCUT2D eigenvalue weighted by Gasteiger charge is -2.37. The van der Waals surface area contributed by atoms with E-state index in [1.807, 2.05) is 31.2 Å². The number of carbonyl (C=O) groups excluding carboxylic acids is 13. The first-order valence-electron chi connectivity index (χ1n) is 47.1. The molecule has 0 unspecified atom stereocenters. The van der Waals surface area contributed by atoms with Crippen molar-refractivity contribution in [3.63, 3.8) is 0 Å². The molecule has 40 nitrogen and oxygen atoms in total. The first kappa shape index (κ1) is 109. The van der Waals surface area contributed by atoms with Crippen molar-refractivity contribution in [2.45, 2.75) is 230 Å². The third-order valence-corrected chi connectivity index (χ3v) is 24.8. The van der Waals surface area contributed by atoms with E-state index < -0.39 is 149 Å². The molecule has 0 radical (unpaired) electrons. The Morgan fingerprint density at radius 3 is 1.83 bits per heavy atom. The van der Waals surface area contributed by atoms with Crippen LogP contribution in [0.25, 0.3) is 33.2 Å². The van der Waals surface area contributed by atoms with E-state index in [2.05, 4.69) is 52.8 Å². The summed E-state index contributed by atoms with van der Waals surface area (Å²) in [6.07, 6.45) is 5.82. The molecule has 11 amide bonds. The summed E-state index contributed by atoms with van der Waals surface area (Å²) in [6, 6.07) is 10.5. The number of rotatable bonds is 61. The fraction of sp³-hybridized carbons (Fsp3) is 0.596. The SMILES string of the molecule is CCc1c2c(nc3ccccc13)-c1cc3c(c(=O)n1C2)COC(=O)[C@@]3(CC)OC(=O)[C@@H](NC(=O)[C@@H]1CCCN1C(=O)[C@H](CC(=O)O)NC(=O)CCOCCOCCOCCNC(=O)CCCC(=O)NCCCC[C@H](NC(=O)CCOCCOCCOCCNC(=O)CCC(=O)Nc1cccc2c(C(=O)NCC(=O)N3CC(F)(F)C[C@@]3(C)[SiH3])ccnc12)C(=O)NCCCCCCCC(=O)O)C(C)C. The minimum atomic E-state index is -3.00. The van der Waals surface area contributed by atoms with E-state index in [1.165, 1.54) is 17.2 Å². The van der Waals surface area contributed by atoms with Crippen LogP contribution in [0.3, 0.4) is 0 Å². The van der Waals surface area contributed by atoms with Gasteiger partial charge < -0.3 is 110 Å². The van der Waals surface area contributed by atoms with Crippen molar-refractivity contribution in [3.8, 4) is 11.4 Å². The van der Waals surface area contributed by atoms with E-state index in [9.17, 15) is 90.6 Å². The van der Waals surface area contributed by atoms with Crippen molar-refractivity contribution in [1.29, 1.82) is 0 Å². The second kappa shape index (κ2) is 54.3. The number of carboxylic acid groups (broad SMARTS) is 2. The van der Waals surface area contributed by atoms with Gasteiger partial charge in [0.25, 0.3) is 17.4 Å². The number of nitrogens with zero attached hydrogens (tertiary/aromatic N) is 5. The molecule has 2 fully saturated rings. The summed E-state index contributed by atoms with van der Waals surface area (Å²) in [5, 5.41) is 43.5. The highest BCUT2D eigenvalue weighted by molar-refractivity contribution is 6.17. The lowest BCUT2D eigenvalue weighted by atomic mass is 9.85. The van der Waals surface area contributed by atoms with Gasteiger partial charge in [0, 0.05) is 128 Å². The number of aryl methyl sites for hydroxylation is 1. The van der Waals surface area contributed by atoms with Crippen LogP contribution in [0.1, 0.15) is 202 Å². The maximum absolute atomic E-state index is 14.5. The monoisotopic (exact) mass is 1940 g/mol. The summed E-state index contributed by atoms with van der Waals surface area (Å²) in [6.45, 7) is 9.79. The summed E-state index contributed by atoms with van der Waals surface area (Å²) in [4.78, 5) is 222. The molecule has 6 atom stereocenters. The van der Waals surface area contributed by atoms with E-state index >= 15 is 0 Å². The Labute approximate surface area is 795 Å². The molecule has 0 saturated carbocycles. The fourth-order valence-electron chi connectivity index (χ4n) is 16.8. The van der Waals surface area contributed by atoms with Crippen LogP contribution in [-0.2, 0) is 130 Å². The second-order valence-corrected chi connectivity index (χ2v) is 37.1. The minimum absolute atomic E-state index is 0.0311. The Kier molecular flexibility index (Phi) is 43.1. The highest BCUT2D eigenvalue weighted by Crippen LogP contribution is 2.43. The van der Waals surface area contributed by atoms with Crippen LogP contribution in [0.2, 0.25) is 0 Å². The molecule has 2 saturated heterocycles. The number of alkyl halides is 2. The Morgan fingerprint density at radius 2 is 1.20 bits per heavy atom. The number of aliphatic carboxylic acids is 2. The Bertz CT molecular complexity index is 5140. The largest absolute Gasteiger partial charge is 0.481 e. The number of cyclic esters (lactones) is 1. The lowest BCUT2D eigenvalue weighted by molar-refractivity contribution is -0.191. The number of hydrogen-bond donors (Lipinski definition) is 11. The summed E-state index contributed by atoms with van der Waals surface area (Å²) < 4.78 is 74.9. The topological polar surface area (TPSA) is 533 Å². The van der Waals surface area contributed by atoms with Crippen molar-refractivity contribution < 1.29 is 129 Å². The van der Waals surface area contributed by atoms with E-state index in [0.717, 1.165) is 46.2 Å². The summed E-state index contributed by atoms with van der Waals surface area (Å²) >= 11 is 0. The van der Waals surface area contributed by atoms with Gasteiger partial charge >= 0.3 is 23.9 Å². The summed E-state index contributed by atoms with van der Waals surface area (Å²) in [5.41, 5.74) is 2.13. The molecular formula is C94H130F2N14O26Si. The molecule has 5 aromatic rings. The zero-order chi connectivity index (χ0) is 99.2. The van der Waals surface area contributed by atoms with Gasteiger partial charge in [0.1, 0.15) is 30.8 Å². The molecule has 0 bridgehead atoms. The van der Waals surface area contributed by atoms with Gasteiger partial charge in [0.15, 0.2) is 0 Å². The predicted octanol–water partition coefficient (Wildman–Crippen LogP) is 3.53. The molecule has 750 valence electrons. The quantitative estimate of drug-likeness (QED) is 0.0148. The predicted molar refractivity (Wildman–Crippen MR) is 496 cm³/mol. The van der Waals surface area contributed by atoms with E-state index in [-0.39, 0.29) is 235 Å². The van der Waals surface area contributed by atoms with E-state index in [0.29, 0.717) is 72.1 Å². The number of esters is 2. The third-order valence-electron chi connectivity index (χ3n) is 23.9. The number of pyridine rings is 3.